The number of rotatable bonds is 13. The molecule has 0 radical (unpaired) electrons. The van der Waals surface area contributed by atoms with Gasteiger partial charge < -0.3 is 29.0 Å². The molecule has 0 spiro atoms. The highest BCUT2D eigenvalue weighted by molar-refractivity contribution is 5.73. The van der Waals surface area contributed by atoms with Gasteiger partial charge in [-0.15, -0.1) is 0 Å². The Morgan fingerprint density at radius 1 is 1.08 bits per heavy atom. The van der Waals surface area contributed by atoms with Gasteiger partial charge in [-0.1, -0.05) is 31.0 Å². The number of carboxylic acid groups (broad SMARTS) is 1. The van der Waals surface area contributed by atoms with Gasteiger partial charge in [0.25, 0.3) is 0 Å². The van der Waals surface area contributed by atoms with E-state index in [9.17, 15) is 14.7 Å². The molecule has 1 aliphatic carbocycles. The van der Waals surface area contributed by atoms with Crippen LogP contribution in [0, 0.1) is 12.8 Å². The third kappa shape index (κ3) is 8.16. The van der Waals surface area contributed by atoms with E-state index in [1.165, 1.54) is 12.8 Å². The van der Waals surface area contributed by atoms with E-state index < -0.39 is 18.2 Å². The fourth-order valence-corrected chi connectivity index (χ4v) is 4.41. The lowest BCUT2D eigenvalue weighted by Crippen LogP contribution is -2.39. The standard InChI is InChI=1S/C28H37NO7/c1-4-34-26(27(30)31)18-21-10-12-23(13-11-21)35-16-15-29(19-22-7-5-6-8-22)28(32)36-25-17-20(2)9-14-24(25)33-3/h9-14,17,22,26H,4-8,15-16,18-19H2,1-3H3,(H,30,31). The van der Waals surface area contributed by atoms with Gasteiger partial charge in [-0.2, -0.15) is 0 Å². The molecular formula is C28H37NO7. The minimum Gasteiger partial charge on any atom is -0.493 e. The molecule has 1 amide bonds. The summed E-state index contributed by atoms with van der Waals surface area (Å²) in [6, 6.07) is 12.8. The number of aryl methyl sites for hydroxylation is 1. The van der Waals surface area contributed by atoms with E-state index in [0.29, 0.717) is 49.5 Å². The molecule has 1 saturated carbocycles. The summed E-state index contributed by atoms with van der Waals surface area (Å²) in [4.78, 5) is 26.1. The number of ether oxygens (including phenoxy) is 4. The predicted molar refractivity (Wildman–Crippen MR) is 136 cm³/mol. The largest absolute Gasteiger partial charge is 0.493 e. The Kier molecular flexibility index (Phi) is 10.4. The summed E-state index contributed by atoms with van der Waals surface area (Å²) < 4.78 is 22.3. The quantitative estimate of drug-likeness (QED) is 0.409. The summed E-state index contributed by atoms with van der Waals surface area (Å²) in [7, 11) is 1.55. The van der Waals surface area contributed by atoms with Crippen molar-refractivity contribution in [3.63, 3.8) is 0 Å². The maximum absolute atomic E-state index is 13.1. The minimum atomic E-state index is -0.977. The first kappa shape index (κ1) is 27.3. The highest BCUT2D eigenvalue weighted by Gasteiger charge is 2.24. The van der Waals surface area contributed by atoms with Crippen LogP contribution in [0.1, 0.15) is 43.7 Å². The second-order valence-corrected chi connectivity index (χ2v) is 9.10. The molecule has 0 bridgehead atoms. The number of methoxy groups -OCH3 is 1. The van der Waals surface area contributed by atoms with Crippen LogP contribution in [0.5, 0.6) is 17.2 Å². The van der Waals surface area contributed by atoms with E-state index in [2.05, 4.69) is 0 Å². The Morgan fingerprint density at radius 2 is 1.81 bits per heavy atom. The van der Waals surface area contributed by atoms with Gasteiger partial charge in [0.05, 0.1) is 13.7 Å². The van der Waals surface area contributed by atoms with Gasteiger partial charge in [0.1, 0.15) is 12.4 Å². The van der Waals surface area contributed by atoms with Crippen LogP contribution in [0.25, 0.3) is 0 Å². The molecule has 1 fully saturated rings. The average Bonchev–Trinajstić information content (AvgIpc) is 3.37. The van der Waals surface area contributed by atoms with Crippen molar-refractivity contribution in [3.05, 3.63) is 53.6 Å². The van der Waals surface area contributed by atoms with E-state index in [1.54, 1.807) is 43.2 Å². The molecule has 0 aromatic heterocycles. The first-order valence-corrected chi connectivity index (χ1v) is 12.6. The SMILES string of the molecule is CCOC(Cc1ccc(OCCN(CC2CCCC2)C(=O)Oc2cc(C)ccc2OC)cc1)C(=O)O. The Balaban J connectivity index is 1.59. The van der Waals surface area contributed by atoms with Crippen LogP contribution in [0.2, 0.25) is 0 Å². The number of carbonyl (C=O) groups excluding carboxylic acids is 1. The van der Waals surface area contributed by atoms with E-state index in [1.807, 2.05) is 25.1 Å². The predicted octanol–water partition coefficient (Wildman–Crippen LogP) is 5.11. The number of hydrogen-bond donors (Lipinski definition) is 1. The number of carboxylic acids is 1. The van der Waals surface area contributed by atoms with E-state index in [-0.39, 0.29) is 6.42 Å². The molecule has 2 aromatic carbocycles. The van der Waals surface area contributed by atoms with Crippen LogP contribution >= 0.6 is 0 Å². The molecule has 196 valence electrons. The van der Waals surface area contributed by atoms with E-state index in [4.69, 9.17) is 18.9 Å². The monoisotopic (exact) mass is 499 g/mol. The molecule has 3 rings (SSSR count). The molecule has 0 aliphatic heterocycles. The molecule has 2 aromatic rings. The summed E-state index contributed by atoms with van der Waals surface area (Å²) in [6.45, 7) is 5.37. The molecule has 8 nitrogen and oxygen atoms in total. The van der Waals surface area contributed by atoms with Crippen LogP contribution in [0.15, 0.2) is 42.5 Å². The van der Waals surface area contributed by atoms with Crippen molar-refractivity contribution in [2.45, 2.75) is 52.1 Å². The zero-order valence-electron chi connectivity index (χ0n) is 21.4. The van der Waals surface area contributed by atoms with Crippen molar-refractivity contribution >= 4 is 12.1 Å². The van der Waals surface area contributed by atoms with Crippen molar-refractivity contribution < 1.29 is 33.6 Å². The number of hydrogen-bond acceptors (Lipinski definition) is 6. The van der Waals surface area contributed by atoms with Gasteiger partial charge in [-0.05, 0) is 68.0 Å². The van der Waals surface area contributed by atoms with Gasteiger partial charge >= 0.3 is 12.1 Å². The summed E-state index contributed by atoms with van der Waals surface area (Å²) in [6.07, 6.45) is 3.59. The molecule has 8 heteroatoms. The second-order valence-electron chi connectivity index (χ2n) is 9.10. The fraction of sp³-hybridized carbons (Fsp3) is 0.500. The van der Waals surface area contributed by atoms with E-state index >= 15 is 0 Å². The molecule has 1 unspecified atom stereocenters. The molecule has 1 atom stereocenters. The summed E-state index contributed by atoms with van der Waals surface area (Å²) in [5, 5.41) is 9.27. The molecule has 36 heavy (non-hydrogen) atoms. The molecular weight excluding hydrogens is 462 g/mol. The van der Waals surface area contributed by atoms with Gasteiger partial charge in [-0.25, -0.2) is 9.59 Å². The average molecular weight is 500 g/mol. The number of benzene rings is 2. The number of amides is 1. The van der Waals surface area contributed by atoms with Crippen molar-refractivity contribution in [3.8, 4) is 17.2 Å². The first-order valence-electron chi connectivity index (χ1n) is 12.6. The maximum Gasteiger partial charge on any atom is 0.415 e. The molecule has 1 aliphatic rings. The second kappa shape index (κ2) is 13.7. The summed E-state index contributed by atoms with van der Waals surface area (Å²) in [5.41, 5.74) is 1.82. The van der Waals surface area contributed by atoms with Gasteiger partial charge in [-0.3, -0.25) is 0 Å². The third-order valence-corrected chi connectivity index (χ3v) is 6.35. The highest BCUT2D eigenvalue weighted by atomic mass is 16.6. The topological polar surface area (TPSA) is 94.5 Å². The summed E-state index contributed by atoms with van der Waals surface area (Å²) >= 11 is 0. The normalized spacial score (nSPS) is 14.3. The van der Waals surface area contributed by atoms with Crippen LogP contribution < -0.4 is 14.2 Å². The Morgan fingerprint density at radius 3 is 2.44 bits per heavy atom. The lowest BCUT2D eigenvalue weighted by Gasteiger charge is -2.25. The smallest absolute Gasteiger partial charge is 0.415 e. The molecule has 0 heterocycles. The van der Waals surface area contributed by atoms with Crippen LogP contribution in [-0.2, 0) is 16.0 Å². The zero-order valence-corrected chi connectivity index (χ0v) is 21.4. The summed E-state index contributed by atoms with van der Waals surface area (Å²) in [5.74, 6) is 1.05. The third-order valence-electron chi connectivity index (χ3n) is 6.35. The van der Waals surface area contributed by atoms with Crippen LogP contribution in [0.3, 0.4) is 0 Å². The number of nitrogens with zero attached hydrogens (tertiary/aromatic N) is 1. The Bertz CT molecular complexity index is 986. The van der Waals surface area contributed by atoms with Crippen molar-refractivity contribution in [2.75, 3.05) is 33.4 Å². The fourth-order valence-electron chi connectivity index (χ4n) is 4.41. The van der Waals surface area contributed by atoms with Crippen molar-refractivity contribution in [1.82, 2.24) is 4.90 Å². The van der Waals surface area contributed by atoms with Crippen LogP contribution in [-0.4, -0.2) is 61.6 Å². The number of aliphatic carboxylic acids is 1. The first-order chi connectivity index (χ1) is 17.4. The molecule has 0 saturated heterocycles. The van der Waals surface area contributed by atoms with E-state index in [0.717, 1.165) is 24.0 Å². The number of carbonyl (C=O) groups is 2. The van der Waals surface area contributed by atoms with Crippen LogP contribution in [0.4, 0.5) is 4.79 Å². The Hall–Kier alpha value is -3.26. The van der Waals surface area contributed by atoms with Gasteiger partial charge in [0.15, 0.2) is 17.6 Å². The molecule has 1 N–H and O–H groups in total. The van der Waals surface area contributed by atoms with Gasteiger partial charge in [0.2, 0.25) is 0 Å². The Labute approximate surface area is 213 Å². The van der Waals surface area contributed by atoms with Gasteiger partial charge in [0, 0.05) is 19.6 Å². The maximum atomic E-state index is 13.1. The van der Waals surface area contributed by atoms with Crippen molar-refractivity contribution in [1.29, 1.82) is 0 Å². The lowest BCUT2D eigenvalue weighted by molar-refractivity contribution is -0.149. The van der Waals surface area contributed by atoms with Crippen molar-refractivity contribution in [2.24, 2.45) is 5.92 Å². The minimum absolute atomic E-state index is 0.285. The zero-order chi connectivity index (χ0) is 25.9. The highest BCUT2D eigenvalue weighted by Crippen LogP contribution is 2.29. The lowest BCUT2D eigenvalue weighted by atomic mass is 10.1.